The minimum absolute atomic E-state index is 0.0704. The number of rotatable bonds is 6. The number of amides is 1. The second kappa shape index (κ2) is 8.31. The van der Waals surface area contributed by atoms with E-state index in [2.05, 4.69) is 10.2 Å². The molecule has 1 fully saturated rings. The molecule has 138 valence electrons. The van der Waals surface area contributed by atoms with Crippen LogP contribution in [0.15, 0.2) is 41.0 Å². The summed E-state index contributed by atoms with van der Waals surface area (Å²) in [5.41, 5.74) is -0.114. The fraction of sp³-hybridized carbons (Fsp3) is 0.353. The average Bonchev–Trinajstić information content (AvgIpc) is 3.17. The van der Waals surface area contributed by atoms with Crippen molar-refractivity contribution in [2.75, 3.05) is 32.8 Å². The van der Waals surface area contributed by atoms with E-state index >= 15 is 0 Å². The first-order valence-corrected chi connectivity index (χ1v) is 8.51. The third-order valence-corrected chi connectivity index (χ3v) is 4.55. The highest BCUT2D eigenvalue weighted by atomic mass is 35.5. The summed E-state index contributed by atoms with van der Waals surface area (Å²) in [5, 5.41) is 13.9. The smallest absolute Gasteiger partial charge is 0.270 e. The first-order valence-electron chi connectivity index (χ1n) is 8.13. The zero-order valence-corrected chi connectivity index (χ0v) is 14.6. The number of carbonyl (C=O) groups is 1. The number of nitrogens with zero attached hydrogens (tertiary/aromatic N) is 2. The number of nitrogens with one attached hydrogen (secondary N) is 1. The Morgan fingerprint density at radius 1 is 1.35 bits per heavy atom. The van der Waals surface area contributed by atoms with Crippen molar-refractivity contribution in [3.8, 4) is 0 Å². The number of nitro benzene ring substituents is 1. The van der Waals surface area contributed by atoms with Gasteiger partial charge in [-0.15, -0.1) is 0 Å². The minimum Gasteiger partial charge on any atom is -0.468 e. The molecule has 0 radical (unpaired) electrons. The second-order valence-corrected chi connectivity index (χ2v) is 6.22. The molecule has 0 spiro atoms. The predicted molar refractivity (Wildman–Crippen MR) is 94.3 cm³/mol. The van der Waals surface area contributed by atoms with E-state index in [1.807, 2.05) is 6.07 Å². The molecule has 26 heavy (non-hydrogen) atoms. The summed E-state index contributed by atoms with van der Waals surface area (Å²) in [4.78, 5) is 25.0. The lowest BCUT2D eigenvalue weighted by molar-refractivity contribution is -0.384. The number of nitro groups is 1. The molecular formula is C17H18ClN3O5. The van der Waals surface area contributed by atoms with Crippen molar-refractivity contribution < 1.29 is 18.9 Å². The van der Waals surface area contributed by atoms with Crippen LogP contribution in [-0.2, 0) is 4.74 Å². The molecule has 0 bridgehead atoms. The van der Waals surface area contributed by atoms with Crippen molar-refractivity contribution in [3.63, 3.8) is 0 Å². The Kier molecular flexibility index (Phi) is 5.87. The monoisotopic (exact) mass is 379 g/mol. The van der Waals surface area contributed by atoms with Gasteiger partial charge in [-0.2, -0.15) is 0 Å². The van der Waals surface area contributed by atoms with Gasteiger partial charge < -0.3 is 14.5 Å². The van der Waals surface area contributed by atoms with Crippen LogP contribution < -0.4 is 5.32 Å². The minimum atomic E-state index is -0.563. The number of non-ortho nitro benzene ring substituents is 1. The molecule has 0 saturated carbocycles. The van der Waals surface area contributed by atoms with E-state index in [1.54, 1.807) is 12.3 Å². The van der Waals surface area contributed by atoms with Gasteiger partial charge in [-0.05, 0) is 18.2 Å². The van der Waals surface area contributed by atoms with Gasteiger partial charge in [0, 0.05) is 31.8 Å². The molecule has 0 aliphatic carbocycles. The largest absolute Gasteiger partial charge is 0.468 e. The quantitative estimate of drug-likeness (QED) is 0.612. The van der Waals surface area contributed by atoms with Gasteiger partial charge in [-0.3, -0.25) is 19.8 Å². The topological polar surface area (TPSA) is 97.9 Å². The zero-order chi connectivity index (χ0) is 18.5. The molecule has 1 atom stereocenters. The van der Waals surface area contributed by atoms with Crippen molar-refractivity contribution in [3.05, 3.63) is 63.1 Å². The van der Waals surface area contributed by atoms with Crippen molar-refractivity contribution in [2.45, 2.75) is 6.04 Å². The highest BCUT2D eigenvalue weighted by Gasteiger charge is 2.26. The summed E-state index contributed by atoms with van der Waals surface area (Å²) >= 11 is 6.03. The molecule has 1 saturated heterocycles. The van der Waals surface area contributed by atoms with Crippen molar-refractivity contribution in [1.82, 2.24) is 10.2 Å². The van der Waals surface area contributed by atoms with Crippen molar-refractivity contribution in [1.29, 1.82) is 0 Å². The van der Waals surface area contributed by atoms with Crippen LogP contribution in [0.3, 0.4) is 0 Å². The van der Waals surface area contributed by atoms with Gasteiger partial charge in [0.15, 0.2) is 0 Å². The Bertz CT molecular complexity index is 775. The lowest BCUT2D eigenvalue weighted by atomic mass is 10.1. The lowest BCUT2D eigenvalue weighted by Gasteiger charge is -2.33. The number of hydrogen-bond acceptors (Lipinski definition) is 6. The maximum Gasteiger partial charge on any atom is 0.270 e. The van der Waals surface area contributed by atoms with Crippen LogP contribution in [0.1, 0.15) is 22.2 Å². The van der Waals surface area contributed by atoms with Crippen molar-refractivity contribution >= 4 is 23.2 Å². The number of hydrogen-bond donors (Lipinski definition) is 1. The first-order chi connectivity index (χ1) is 12.6. The maximum atomic E-state index is 12.5. The molecule has 8 nitrogen and oxygen atoms in total. The van der Waals surface area contributed by atoms with Crippen LogP contribution in [0, 0.1) is 10.1 Å². The Morgan fingerprint density at radius 2 is 2.12 bits per heavy atom. The van der Waals surface area contributed by atoms with E-state index in [0.717, 1.165) is 18.8 Å². The Morgan fingerprint density at radius 3 is 2.77 bits per heavy atom. The third kappa shape index (κ3) is 4.21. The van der Waals surface area contributed by atoms with Crippen LogP contribution in [0.5, 0.6) is 0 Å². The molecule has 1 amide bonds. The maximum absolute atomic E-state index is 12.5. The first kappa shape index (κ1) is 18.4. The number of carbonyl (C=O) groups excluding carboxylic acids is 1. The van der Waals surface area contributed by atoms with Gasteiger partial charge in [0.2, 0.25) is 0 Å². The lowest BCUT2D eigenvalue weighted by Crippen LogP contribution is -2.43. The summed E-state index contributed by atoms with van der Waals surface area (Å²) in [5.74, 6) is 0.265. The van der Waals surface area contributed by atoms with Crippen LogP contribution in [0.2, 0.25) is 5.02 Å². The normalized spacial score (nSPS) is 16.2. The summed E-state index contributed by atoms with van der Waals surface area (Å²) in [6, 6.07) is 7.28. The van der Waals surface area contributed by atoms with Crippen LogP contribution >= 0.6 is 11.6 Å². The summed E-state index contributed by atoms with van der Waals surface area (Å²) in [6.07, 6.45) is 1.59. The summed E-state index contributed by atoms with van der Waals surface area (Å²) < 4.78 is 10.9. The van der Waals surface area contributed by atoms with E-state index in [0.29, 0.717) is 13.2 Å². The zero-order valence-electron chi connectivity index (χ0n) is 13.9. The van der Waals surface area contributed by atoms with Crippen LogP contribution in [-0.4, -0.2) is 48.6 Å². The molecule has 1 aliphatic heterocycles. The Hall–Kier alpha value is -2.42. The summed E-state index contributed by atoms with van der Waals surface area (Å²) in [6.45, 7) is 2.95. The molecule has 3 rings (SSSR count). The molecule has 9 heteroatoms. The third-order valence-electron chi connectivity index (χ3n) is 4.22. The van der Waals surface area contributed by atoms with E-state index in [1.165, 1.54) is 18.2 Å². The molecule has 2 heterocycles. The van der Waals surface area contributed by atoms with Gasteiger partial charge in [-0.25, -0.2) is 0 Å². The van der Waals surface area contributed by atoms with Gasteiger partial charge in [0.05, 0.1) is 41.0 Å². The molecule has 1 N–H and O–H groups in total. The Labute approximate surface area is 154 Å². The average molecular weight is 380 g/mol. The second-order valence-electron chi connectivity index (χ2n) is 5.81. The predicted octanol–water partition coefficient (Wildman–Crippen LogP) is 2.64. The van der Waals surface area contributed by atoms with Crippen molar-refractivity contribution in [2.24, 2.45) is 0 Å². The van der Waals surface area contributed by atoms with E-state index in [9.17, 15) is 14.9 Å². The molecule has 1 aliphatic rings. The van der Waals surface area contributed by atoms with Gasteiger partial charge in [-0.1, -0.05) is 11.6 Å². The highest BCUT2D eigenvalue weighted by molar-refractivity contribution is 6.33. The standard InChI is InChI=1S/C17H18ClN3O5/c18-14-4-3-12(21(23)24)10-13(14)17(22)19-11-15(16-2-1-7-26-16)20-5-8-25-9-6-20/h1-4,7,10,15H,5-6,8-9,11H2,(H,19,22). The number of furan rings is 1. The number of ether oxygens (including phenoxy) is 1. The number of benzene rings is 1. The summed E-state index contributed by atoms with van der Waals surface area (Å²) in [7, 11) is 0. The molecule has 1 unspecified atom stereocenters. The van der Waals surface area contributed by atoms with Gasteiger partial charge in [0.1, 0.15) is 5.76 Å². The Balaban J connectivity index is 1.73. The fourth-order valence-electron chi connectivity index (χ4n) is 2.87. The van der Waals surface area contributed by atoms with E-state index < -0.39 is 10.8 Å². The fourth-order valence-corrected chi connectivity index (χ4v) is 3.07. The van der Waals surface area contributed by atoms with E-state index in [4.69, 9.17) is 20.8 Å². The van der Waals surface area contributed by atoms with Crippen LogP contribution in [0.25, 0.3) is 0 Å². The molecule has 2 aromatic rings. The van der Waals surface area contributed by atoms with Gasteiger partial charge >= 0.3 is 0 Å². The molecule has 1 aromatic heterocycles. The molecule has 1 aromatic carbocycles. The van der Waals surface area contributed by atoms with Crippen LogP contribution in [0.4, 0.5) is 5.69 Å². The number of halogens is 1. The molecular weight excluding hydrogens is 362 g/mol. The SMILES string of the molecule is O=C(NCC(c1ccco1)N1CCOCC1)c1cc([N+](=O)[O-])ccc1Cl. The van der Waals surface area contributed by atoms with Gasteiger partial charge in [0.25, 0.3) is 11.6 Å². The highest BCUT2D eigenvalue weighted by Crippen LogP contribution is 2.24. The van der Waals surface area contributed by atoms with E-state index in [-0.39, 0.29) is 28.9 Å². The number of morpholine rings is 1.